The van der Waals surface area contributed by atoms with Crippen LogP contribution in [0.15, 0.2) is 36.4 Å². The number of aromatic hydroxyl groups is 2. The van der Waals surface area contributed by atoms with E-state index in [0.29, 0.717) is 12.2 Å². The van der Waals surface area contributed by atoms with Crippen LogP contribution in [0.5, 0.6) is 23.0 Å². The van der Waals surface area contributed by atoms with Gasteiger partial charge >= 0.3 is 5.97 Å². The molecule has 0 amide bonds. The third-order valence-electron chi connectivity index (χ3n) is 6.41. The number of phenolic OH excluding ortho intramolecular Hbond substituents is 2. The van der Waals surface area contributed by atoms with Gasteiger partial charge < -0.3 is 44.8 Å². The lowest BCUT2D eigenvalue weighted by Crippen LogP contribution is -2.61. The zero-order chi connectivity index (χ0) is 25.9. The Labute approximate surface area is 202 Å². The molecule has 0 aliphatic carbocycles. The number of methoxy groups -OCH3 is 1. The van der Waals surface area contributed by atoms with Gasteiger partial charge in [-0.1, -0.05) is 26.0 Å². The third kappa shape index (κ3) is 6.15. The highest BCUT2D eigenvalue weighted by Crippen LogP contribution is 2.33. The molecule has 2 aromatic carbocycles. The van der Waals surface area contributed by atoms with Crippen molar-refractivity contribution in [2.75, 3.05) is 7.11 Å². The van der Waals surface area contributed by atoms with Gasteiger partial charge in [-0.2, -0.15) is 0 Å². The molecule has 1 heterocycles. The third-order valence-corrected chi connectivity index (χ3v) is 6.41. The lowest BCUT2D eigenvalue weighted by atomic mass is 9.85. The second-order valence-electron chi connectivity index (χ2n) is 9.02. The average molecular weight is 493 g/mol. The van der Waals surface area contributed by atoms with Crippen LogP contribution in [0.4, 0.5) is 0 Å². The van der Waals surface area contributed by atoms with Gasteiger partial charge in [0.05, 0.1) is 7.11 Å². The molecule has 7 atom stereocenters. The highest BCUT2D eigenvalue weighted by molar-refractivity contribution is 5.73. The Morgan fingerprint density at radius 2 is 1.49 bits per heavy atom. The Hall–Kier alpha value is -3.05. The molecule has 2 aromatic rings. The van der Waals surface area contributed by atoms with Crippen molar-refractivity contribution >= 4 is 5.97 Å². The minimum atomic E-state index is -1.84. The molecule has 0 spiro atoms. The number of hydrogen-bond acceptors (Lipinski definition) is 9. The number of hydrogen-bond donors (Lipinski definition) is 6. The number of benzene rings is 2. The van der Waals surface area contributed by atoms with Crippen LogP contribution in [0.2, 0.25) is 0 Å². The predicted octanol–water partition coefficient (Wildman–Crippen LogP) is 1.43. The first-order valence-electron chi connectivity index (χ1n) is 11.3. The topological polar surface area (TPSA) is 166 Å². The molecule has 0 bridgehead atoms. The first-order valence-corrected chi connectivity index (χ1v) is 11.3. The molecule has 1 saturated heterocycles. The van der Waals surface area contributed by atoms with Gasteiger partial charge in [-0.3, -0.25) is 0 Å². The van der Waals surface area contributed by atoms with Crippen molar-refractivity contribution < 1.29 is 49.6 Å². The summed E-state index contributed by atoms with van der Waals surface area (Å²) in [6, 6.07) is 10.00. The Kier molecular flexibility index (Phi) is 8.44. The van der Waals surface area contributed by atoms with Crippen molar-refractivity contribution in [3.05, 3.63) is 47.5 Å². The van der Waals surface area contributed by atoms with Crippen molar-refractivity contribution in [2.45, 2.75) is 57.4 Å². The summed E-state index contributed by atoms with van der Waals surface area (Å²) < 4.78 is 15.7. The first kappa shape index (κ1) is 26.6. The van der Waals surface area contributed by atoms with Crippen LogP contribution in [-0.2, 0) is 22.4 Å². The highest BCUT2D eigenvalue weighted by Gasteiger charge is 2.48. The van der Waals surface area contributed by atoms with Crippen molar-refractivity contribution in [3.63, 3.8) is 0 Å². The Balaban J connectivity index is 1.68. The molecule has 3 rings (SSSR count). The Bertz CT molecular complexity index is 1030. The minimum Gasteiger partial charge on any atom is -0.504 e. The van der Waals surface area contributed by atoms with Crippen molar-refractivity contribution in [1.29, 1.82) is 0 Å². The molecule has 192 valence electrons. The molecule has 1 fully saturated rings. The SMILES string of the molecule is COc1ccc(C[C@H](C)[C@H](C)Cc2ccc(O)c(O[C@@H]3O[C@H](C(=O)O)[C@@H](O)[C@H](O)[C@H]3O)c2)cc1O. The lowest BCUT2D eigenvalue weighted by molar-refractivity contribution is -0.271. The van der Waals surface area contributed by atoms with E-state index >= 15 is 0 Å². The van der Waals surface area contributed by atoms with Crippen LogP contribution in [-0.4, -0.2) is 74.4 Å². The molecule has 1 aliphatic rings. The smallest absolute Gasteiger partial charge is 0.335 e. The molecule has 0 aromatic heterocycles. The normalized spacial score (nSPS) is 26.1. The van der Waals surface area contributed by atoms with Crippen molar-refractivity contribution in [2.24, 2.45) is 11.8 Å². The molecule has 10 heteroatoms. The number of aliphatic hydroxyl groups is 3. The fraction of sp³-hybridized carbons (Fsp3) is 0.480. The molecule has 0 radical (unpaired) electrons. The maximum Gasteiger partial charge on any atom is 0.335 e. The highest BCUT2D eigenvalue weighted by atomic mass is 16.7. The Morgan fingerprint density at radius 1 is 0.886 bits per heavy atom. The number of aliphatic hydroxyl groups excluding tert-OH is 3. The van der Waals surface area contributed by atoms with Crippen LogP contribution in [0.25, 0.3) is 0 Å². The average Bonchev–Trinajstić information content (AvgIpc) is 2.81. The summed E-state index contributed by atoms with van der Waals surface area (Å²) in [6.45, 7) is 4.17. The van der Waals surface area contributed by atoms with Gasteiger partial charge in [0.1, 0.15) is 18.3 Å². The molecule has 10 nitrogen and oxygen atoms in total. The number of phenols is 2. The summed E-state index contributed by atoms with van der Waals surface area (Å²) in [5.41, 5.74) is 1.78. The van der Waals surface area contributed by atoms with E-state index in [2.05, 4.69) is 13.8 Å². The van der Waals surface area contributed by atoms with E-state index in [1.807, 2.05) is 6.07 Å². The summed E-state index contributed by atoms with van der Waals surface area (Å²) in [6.07, 6.45) is -7.46. The van der Waals surface area contributed by atoms with Gasteiger partial charge in [-0.25, -0.2) is 4.79 Å². The van der Waals surface area contributed by atoms with E-state index in [1.165, 1.54) is 13.2 Å². The van der Waals surface area contributed by atoms with E-state index in [0.717, 1.165) is 17.5 Å². The standard InChI is InChI=1S/C25H32O10/c1-12(8-14-5-7-18(33-3)17(27)10-14)13(2)9-15-4-6-16(26)19(11-15)34-25-22(30)20(28)21(29)23(35-25)24(31)32/h4-7,10-13,20-23,25-30H,8-9H2,1-3H3,(H,31,32)/t12-,13+,20-,21-,22+,23-,25+/m0/s1. The van der Waals surface area contributed by atoms with Crippen molar-refractivity contribution in [1.82, 2.24) is 0 Å². The zero-order valence-electron chi connectivity index (χ0n) is 19.7. The number of carboxylic acid groups (broad SMARTS) is 1. The number of carbonyl (C=O) groups is 1. The van der Waals surface area contributed by atoms with Crippen LogP contribution in [0.1, 0.15) is 25.0 Å². The molecular formula is C25H32O10. The second-order valence-corrected chi connectivity index (χ2v) is 9.02. The van der Waals surface area contributed by atoms with E-state index in [9.17, 15) is 35.4 Å². The van der Waals surface area contributed by atoms with Crippen LogP contribution >= 0.6 is 0 Å². The first-order chi connectivity index (χ1) is 16.5. The number of carboxylic acids is 1. The van der Waals surface area contributed by atoms with Crippen LogP contribution in [0.3, 0.4) is 0 Å². The van der Waals surface area contributed by atoms with E-state index < -0.39 is 36.7 Å². The summed E-state index contributed by atoms with van der Waals surface area (Å²) >= 11 is 0. The van der Waals surface area contributed by atoms with Gasteiger partial charge in [0, 0.05) is 0 Å². The van der Waals surface area contributed by atoms with Gasteiger partial charge in [-0.05, 0) is 60.1 Å². The Morgan fingerprint density at radius 3 is 2.06 bits per heavy atom. The molecule has 1 aliphatic heterocycles. The summed E-state index contributed by atoms with van der Waals surface area (Å²) in [4.78, 5) is 11.3. The second kappa shape index (κ2) is 11.1. The van der Waals surface area contributed by atoms with Gasteiger partial charge in [-0.15, -0.1) is 0 Å². The molecule has 0 unspecified atom stereocenters. The quantitative estimate of drug-likeness (QED) is 0.301. The fourth-order valence-electron chi connectivity index (χ4n) is 4.06. The molecular weight excluding hydrogens is 460 g/mol. The summed E-state index contributed by atoms with van der Waals surface area (Å²) in [7, 11) is 1.49. The fourth-order valence-corrected chi connectivity index (χ4v) is 4.06. The predicted molar refractivity (Wildman–Crippen MR) is 123 cm³/mol. The van der Waals surface area contributed by atoms with E-state index in [-0.39, 0.29) is 29.1 Å². The molecule has 6 N–H and O–H groups in total. The number of ether oxygens (including phenoxy) is 3. The van der Waals surface area contributed by atoms with Crippen LogP contribution in [0, 0.1) is 11.8 Å². The number of rotatable bonds is 9. The maximum atomic E-state index is 11.3. The summed E-state index contributed by atoms with van der Waals surface area (Å²) in [5, 5.41) is 59.4. The lowest BCUT2D eigenvalue weighted by Gasteiger charge is -2.38. The minimum absolute atomic E-state index is 0.0563. The van der Waals surface area contributed by atoms with Gasteiger partial charge in [0.25, 0.3) is 0 Å². The number of aliphatic carboxylic acids is 1. The van der Waals surface area contributed by atoms with E-state index in [1.54, 1.807) is 24.3 Å². The molecule has 0 saturated carbocycles. The zero-order valence-corrected chi connectivity index (χ0v) is 19.7. The molecule has 35 heavy (non-hydrogen) atoms. The van der Waals surface area contributed by atoms with Gasteiger partial charge in [0.15, 0.2) is 29.1 Å². The van der Waals surface area contributed by atoms with Crippen LogP contribution < -0.4 is 9.47 Å². The van der Waals surface area contributed by atoms with Gasteiger partial charge in [0.2, 0.25) is 6.29 Å². The largest absolute Gasteiger partial charge is 0.504 e. The summed E-state index contributed by atoms with van der Waals surface area (Å²) in [5.74, 6) is -0.914. The monoisotopic (exact) mass is 492 g/mol. The van der Waals surface area contributed by atoms with E-state index in [4.69, 9.17) is 14.2 Å². The van der Waals surface area contributed by atoms with Crippen molar-refractivity contribution in [3.8, 4) is 23.0 Å². The maximum absolute atomic E-state index is 11.3.